The minimum Gasteiger partial charge on any atom is -0.485 e. The van der Waals surface area contributed by atoms with Crippen LogP contribution in [0.15, 0.2) is 27.6 Å². The molecule has 0 atom stereocenters. The molecule has 24 heavy (non-hydrogen) atoms. The van der Waals surface area contributed by atoms with Crippen molar-refractivity contribution in [2.75, 3.05) is 31.2 Å². The first-order valence-corrected chi connectivity index (χ1v) is 9.01. The van der Waals surface area contributed by atoms with Gasteiger partial charge in [-0.05, 0) is 23.8 Å². The third-order valence-corrected chi connectivity index (χ3v) is 5.38. The first-order chi connectivity index (χ1) is 11.6. The summed E-state index contributed by atoms with van der Waals surface area (Å²) in [5, 5.41) is 3.90. The maximum Gasteiger partial charge on any atom is 0.324 e. The first kappa shape index (κ1) is 15.4. The highest BCUT2D eigenvalue weighted by Crippen LogP contribution is 2.26. The number of hydrogen-bond acceptors (Lipinski definition) is 8. The number of morpholine rings is 1. The third kappa shape index (κ3) is 2.95. The minimum absolute atomic E-state index is 0.146. The molecule has 10 heteroatoms. The SMILES string of the molecule is O=S1(=O)NCc2cc(OCc3noc(N4CCOCC4)n3)ccc21. The number of hydrogen-bond donors (Lipinski definition) is 1. The summed E-state index contributed by atoms with van der Waals surface area (Å²) < 4.78 is 42.0. The molecule has 128 valence electrons. The summed E-state index contributed by atoms with van der Waals surface area (Å²) in [5.74, 6) is 0.994. The third-order valence-electron chi connectivity index (χ3n) is 3.88. The second-order valence-electron chi connectivity index (χ2n) is 5.48. The fraction of sp³-hybridized carbons (Fsp3) is 0.429. The zero-order valence-corrected chi connectivity index (χ0v) is 13.6. The molecule has 0 radical (unpaired) electrons. The standard InChI is InChI=1S/C14H16N4O5S/c19-24(20)12-2-1-11(7-10(12)8-15-24)22-9-13-16-14(23-17-13)18-3-5-21-6-4-18/h1-2,7,15H,3-6,8-9H2. The van der Waals surface area contributed by atoms with Crippen LogP contribution in [0.2, 0.25) is 0 Å². The van der Waals surface area contributed by atoms with Gasteiger partial charge in [-0.2, -0.15) is 4.98 Å². The van der Waals surface area contributed by atoms with E-state index in [1.54, 1.807) is 12.1 Å². The van der Waals surface area contributed by atoms with E-state index >= 15 is 0 Å². The maximum absolute atomic E-state index is 11.7. The maximum atomic E-state index is 11.7. The molecule has 0 bridgehead atoms. The molecule has 0 saturated carbocycles. The summed E-state index contributed by atoms with van der Waals surface area (Å²) in [6.07, 6.45) is 0. The fourth-order valence-electron chi connectivity index (χ4n) is 2.63. The number of sulfonamides is 1. The number of aromatic nitrogens is 2. The molecule has 2 aliphatic heterocycles. The van der Waals surface area contributed by atoms with Crippen LogP contribution in [0.4, 0.5) is 6.01 Å². The lowest BCUT2D eigenvalue weighted by Gasteiger charge is -2.24. The van der Waals surface area contributed by atoms with Crippen molar-refractivity contribution in [2.45, 2.75) is 18.0 Å². The highest BCUT2D eigenvalue weighted by atomic mass is 32.2. The molecule has 0 aliphatic carbocycles. The predicted molar refractivity (Wildman–Crippen MR) is 82.1 cm³/mol. The van der Waals surface area contributed by atoms with E-state index in [-0.39, 0.29) is 13.2 Å². The van der Waals surface area contributed by atoms with Gasteiger partial charge in [0.05, 0.1) is 18.1 Å². The number of nitrogens with one attached hydrogen (secondary N) is 1. The Kier molecular flexibility index (Phi) is 3.87. The molecule has 3 heterocycles. The van der Waals surface area contributed by atoms with Crippen LogP contribution in [0.3, 0.4) is 0 Å². The Balaban J connectivity index is 1.41. The molecule has 4 rings (SSSR count). The Morgan fingerprint density at radius 2 is 2.12 bits per heavy atom. The van der Waals surface area contributed by atoms with Crippen molar-refractivity contribution in [3.63, 3.8) is 0 Å². The van der Waals surface area contributed by atoms with E-state index in [2.05, 4.69) is 14.9 Å². The largest absolute Gasteiger partial charge is 0.485 e. The lowest BCUT2D eigenvalue weighted by atomic mass is 10.2. The lowest BCUT2D eigenvalue weighted by molar-refractivity contribution is 0.119. The van der Waals surface area contributed by atoms with Gasteiger partial charge in [0.1, 0.15) is 5.75 Å². The van der Waals surface area contributed by atoms with Crippen LogP contribution in [0.1, 0.15) is 11.4 Å². The summed E-state index contributed by atoms with van der Waals surface area (Å²) in [5.41, 5.74) is 0.689. The fourth-order valence-corrected chi connectivity index (χ4v) is 3.86. The molecule has 0 spiro atoms. The second-order valence-corrected chi connectivity index (χ2v) is 7.21. The highest BCUT2D eigenvalue weighted by molar-refractivity contribution is 7.89. The van der Waals surface area contributed by atoms with Crippen molar-refractivity contribution in [3.8, 4) is 5.75 Å². The Hall–Kier alpha value is -2.17. The lowest BCUT2D eigenvalue weighted by Crippen LogP contribution is -2.36. The average Bonchev–Trinajstić information content (AvgIpc) is 3.19. The summed E-state index contributed by atoms with van der Waals surface area (Å²) in [6, 6.07) is 5.32. The summed E-state index contributed by atoms with van der Waals surface area (Å²) in [6.45, 7) is 3.13. The van der Waals surface area contributed by atoms with Gasteiger partial charge >= 0.3 is 6.01 Å². The predicted octanol–water partition coefficient (Wildman–Crippen LogP) is 0.277. The van der Waals surface area contributed by atoms with E-state index in [4.69, 9.17) is 14.0 Å². The van der Waals surface area contributed by atoms with Gasteiger partial charge in [0.2, 0.25) is 15.8 Å². The smallest absolute Gasteiger partial charge is 0.324 e. The van der Waals surface area contributed by atoms with Crippen molar-refractivity contribution in [1.82, 2.24) is 14.9 Å². The van der Waals surface area contributed by atoms with E-state index in [1.165, 1.54) is 6.07 Å². The zero-order valence-electron chi connectivity index (χ0n) is 12.8. The zero-order chi connectivity index (χ0) is 16.6. The van der Waals surface area contributed by atoms with Gasteiger partial charge in [-0.1, -0.05) is 5.16 Å². The summed E-state index contributed by atoms with van der Waals surface area (Å²) in [7, 11) is -3.36. The van der Waals surface area contributed by atoms with Gasteiger partial charge < -0.3 is 18.9 Å². The Morgan fingerprint density at radius 3 is 2.96 bits per heavy atom. The molecule has 1 saturated heterocycles. The molecule has 1 N–H and O–H groups in total. The minimum atomic E-state index is -3.36. The first-order valence-electron chi connectivity index (χ1n) is 7.52. The monoisotopic (exact) mass is 352 g/mol. The second kappa shape index (κ2) is 6.04. The van der Waals surface area contributed by atoms with E-state index in [0.717, 1.165) is 13.1 Å². The number of rotatable bonds is 4. The van der Waals surface area contributed by atoms with E-state index in [0.29, 0.717) is 41.3 Å². The molecule has 2 aliphatic rings. The van der Waals surface area contributed by atoms with Crippen LogP contribution >= 0.6 is 0 Å². The molecule has 0 amide bonds. The van der Waals surface area contributed by atoms with Crippen LogP contribution < -0.4 is 14.4 Å². The topological polar surface area (TPSA) is 107 Å². The summed E-state index contributed by atoms with van der Waals surface area (Å²) >= 11 is 0. The van der Waals surface area contributed by atoms with Crippen molar-refractivity contribution in [1.29, 1.82) is 0 Å². The van der Waals surface area contributed by atoms with E-state index in [1.807, 2.05) is 4.90 Å². The van der Waals surface area contributed by atoms with Crippen LogP contribution in [-0.4, -0.2) is 44.9 Å². The Labute approximate surface area is 138 Å². The quantitative estimate of drug-likeness (QED) is 0.836. The van der Waals surface area contributed by atoms with Crippen molar-refractivity contribution >= 4 is 16.0 Å². The van der Waals surface area contributed by atoms with Crippen LogP contribution in [-0.2, 0) is 27.9 Å². The Morgan fingerprint density at radius 1 is 1.29 bits per heavy atom. The number of nitrogens with zero attached hydrogens (tertiary/aromatic N) is 3. The van der Waals surface area contributed by atoms with Crippen LogP contribution in [0.5, 0.6) is 5.75 Å². The molecule has 9 nitrogen and oxygen atoms in total. The van der Waals surface area contributed by atoms with Gasteiger partial charge in [0, 0.05) is 19.6 Å². The molecule has 0 unspecified atom stereocenters. The van der Waals surface area contributed by atoms with Gasteiger partial charge in [-0.3, -0.25) is 0 Å². The molecule has 1 fully saturated rings. The van der Waals surface area contributed by atoms with Gasteiger partial charge in [0.15, 0.2) is 6.61 Å². The van der Waals surface area contributed by atoms with Gasteiger partial charge in [-0.25, -0.2) is 13.1 Å². The van der Waals surface area contributed by atoms with Crippen molar-refractivity contribution in [2.24, 2.45) is 0 Å². The van der Waals surface area contributed by atoms with Gasteiger partial charge in [-0.15, -0.1) is 0 Å². The van der Waals surface area contributed by atoms with Gasteiger partial charge in [0.25, 0.3) is 0 Å². The van der Waals surface area contributed by atoms with Crippen LogP contribution in [0.25, 0.3) is 0 Å². The van der Waals surface area contributed by atoms with Crippen LogP contribution in [0, 0.1) is 0 Å². The number of anilines is 1. The normalized spacial score (nSPS) is 19.2. The average molecular weight is 352 g/mol. The molecular formula is C14H16N4O5S. The van der Waals surface area contributed by atoms with E-state index < -0.39 is 10.0 Å². The Bertz CT molecular complexity index is 845. The van der Waals surface area contributed by atoms with Crippen molar-refractivity contribution in [3.05, 3.63) is 29.6 Å². The molecular weight excluding hydrogens is 336 g/mol. The number of ether oxygens (including phenoxy) is 2. The number of benzene rings is 1. The molecule has 1 aromatic heterocycles. The summed E-state index contributed by atoms with van der Waals surface area (Å²) in [4.78, 5) is 6.56. The molecule has 1 aromatic carbocycles. The molecule has 2 aromatic rings. The van der Waals surface area contributed by atoms with Crippen molar-refractivity contribution < 1.29 is 22.4 Å². The number of fused-ring (bicyclic) bond motifs is 1. The van der Waals surface area contributed by atoms with E-state index in [9.17, 15) is 8.42 Å². The highest BCUT2D eigenvalue weighted by Gasteiger charge is 2.25.